The lowest BCUT2D eigenvalue weighted by molar-refractivity contribution is -0.137. The highest BCUT2D eigenvalue weighted by Gasteiger charge is 2.11. The topological polar surface area (TPSA) is 46.5 Å². The van der Waals surface area contributed by atoms with Crippen molar-refractivity contribution >= 4 is 5.97 Å². The smallest absolute Gasteiger partial charge is 0.330 e. The largest absolute Gasteiger partial charge is 0.462 e. The van der Waals surface area contributed by atoms with E-state index in [9.17, 15) is 9.18 Å². The van der Waals surface area contributed by atoms with Gasteiger partial charge in [-0.15, -0.1) is 0 Å². The summed E-state index contributed by atoms with van der Waals surface area (Å²) in [7, 11) is 0. The molecule has 3 aromatic carbocycles. The second-order valence-electron chi connectivity index (χ2n) is 6.64. The second kappa shape index (κ2) is 9.80. The molecule has 0 amide bonds. The molecule has 0 fully saturated rings. The van der Waals surface area contributed by atoms with Crippen LogP contribution in [0.25, 0.3) is 22.3 Å². The number of rotatable bonds is 8. The maximum absolute atomic E-state index is 14.3. The van der Waals surface area contributed by atoms with E-state index in [4.69, 9.17) is 9.84 Å². The van der Waals surface area contributed by atoms with E-state index in [2.05, 4.69) is 6.58 Å². The van der Waals surface area contributed by atoms with E-state index in [1.165, 1.54) is 6.07 Å². The lowest BCUT2D eigenvalue weighted by Gasteiger charge is -2.14. The first-order valence-electron chi connectivity index (χ1n) is 9.49. The molecule has 0 radical (unpaired) electrons. The second-order valence-corrected chi connectivity index (χ2v) is 6.64. The van der Waals surface area contributed by atoms with Gasteiger partial charge in [0.25, 0.3) is 0 Å². The Morgan fingerprint density at radius 3 is 2.38 bits per heavy atom. The Balaban J connectivity index is 1.96. The van der Waals surface area contributed by atoms with Crippen molar-refractivity contribution in [3.63, 3.8) is 0 Å². The summed E-state index contributed by atoms with van der Waals surface area (Å²) in [5, 5.41) is 9.09. The van der Waals surface area contributed by atoms with Crippen LogP contribution in [0.3, 0.4) is 0 Å². The molecule has 0 heterocycles. The summed E-state index contributed by atoms with van der Waals surface area (Å²) in [6.45, 7) is 3.72. The van der Waals surface area contributed by atoms with Gasteiger partial charge in [-0.05, 0) is 40.3 Å². The molecule has 3 rings (SSSR count). The van der Waals surface area contributed by atoms with Crippen molar-refractivity contribution in [3.05, 3.63) is 96.3 Å². The van der Waals surface area contributed by atoms with Gasteiger partial charge in [0.15, 0.2) is 0 Å². The molecular formula is C25H23FO3. The number of carbonyl (C=O) groups is 1. The molecule has 0 spiro atoms. The SMILES string of the molecule is C=CC(=O)OCCc1cc(-c2ccccc2F)ccc1-c1ccc(CCO)cc1. The number of carbonyl (C=O) groups excluding carboxylic acids is 1. The Morgan fingerprint density at radius 2 is 1.69 bits per heavy atom. The fourth-order valence-corrected chi connectivity index (χ4v) is 3.25. The zero-order chi connectivity index (χ0) is 20.6. The predicted octanol–water partition coefficient (Wildman–Crippen LogP) is 4.97. The minimum Gasteiger partial charge on any atom is -0.462 e. The van der Waals surface area contributed by atoms with Gasteiger partial charge in [0, 0.05) is 24.7 Å². The van der Waals surface area contributed by atoms with Gasteiger partial charge in [0.2, 0.25) is 0 Å². The predicted molar refractivity (Wildman–Crippen MR) is 113 cm³/mol. The van der Waals surface area contributed by atoms with Crippen LogP contribution >= 0.6 is 0 Å². The van der Waals surface area contributed by atoms with Crippen LogP contribution < -0.4 is 0 Å². The van der Waals surface area contributed by atoms with E-state index in [-0.39, 0.29) is 19.0 Å². The molecule has 0 aliphatic heterocycles. The van der Waals surface area contributed by atoms with Crippen molar-refractivity contribution in [1.82, 2.24) is 0 Å². The molecule has 0 aliphatic carbocycles. The molecule has 3 aromatic rings. The van der Waals surface area contributed by atoms with Crippen LogP contribution in [-0.2, 0) is 22.4 Å². The summed E-state index contributed by atoms with van der Waals surface area (Å²) in [6.07, 6.45) is 2.24. The van der Waals surface area contributed by atoms with Gasteiger partial charge < -0.3 is 9.84 Å². The molecule has 0 saturated heterocycles. The molecule has 1 N–H and O–H groups in total. The van der Waals surface area contributed by atoms with Crippen LogP contribution in [0.4, 0.5) is 4.39 Å². The van der Waals surface area contributed by atoms with Crippen LogP contribution in [-0.4, -0.2) is 24.3 Å². The first kappa shape index (κ1) is 20.5. The van der Waals surface area contributed by atoms with Gasteiger partial charge in [0.1, 0.15) is 5.82 Å². The van der Waals surface area contributed by atoms with Crippen molar-refractivity contribution in [1.29, 1.82) is 0 Å². The molecule has 3 nitrogen and oxygen atoms in total. The number of aliphatic hydroxyl groups is 1. The van der Waals surface area contributed by atoms with Gasteiger partial charge >= 0.3 is 5.97 Å². The molecule has 148 valence electrons. The van der Waals surface area contributed by atoms with Crippen molar-refractivity contribution in [2.75, 3.05) is 13.2 Å². The van der Waals surface area contributed by atoms with E-state index in [1.54, 1.807) is 18.2 Å². The van der Waals surface area contributed by atoms with Crippen molar-refractivity contribution in [3.8, 4) is 22.3 Å². The zero-order valence-corrected chi connectivity index (χ0v) is 16.1. The lowest BCUT2D eigenvalue weighted by atomic mass is 9.93. The molecule has 0 atom stereocenters. The number of benzene rings is 3. The quantitative estimate of drug-likeness (QED) is 0.437. The Morgan fingerprint density at radius 1 is 0.966 bits per heavy atom. The summed E-state index contributed by atoms with van der Waals surface area (Å²) >= 11 is 0. The number of ether oxygens (including phenoxy) is 1. The van der Waals surface area contributed by atoms with Gasteiger partial charge in [-0.2, -0.15) is 0 Å². The Labute approximate surface area is 170 Å². The molecule has 4 heteroatoms. The molecule has 29 heavy (non-hydrogen) atoms. The first-order valence-corrected chi connectivity index (χ1v) is 9.49. The third-order valence-electron chi connectivity index (χ3n) is 4.74. The van der Waals surface area contributed by atoms with Crippen molar-refractivity contribution < 1.29 is 19.0 Å². The molecule has 0 bridgehead atoms. The Hall–Kier alpha value is -3.24. The molecule has 0 saturated carbocycles. The van der Waals surface area contributed by atoms with E-state index < -0.39 is 5.97 Å². The lowest BCUT2D eigenvalue weighted by Crippen LogP contribution is -2.05. The van der Waals surface area contributed by atoms with Crippen LogP contribution in [0.1, 0.15) is 11.1 Å². The molecule has 0 aromatic heterocycles. The third kappa shape index (κ3) is 5.18. The highest BCUT2D eigenvalue weighted by molar-refractivity contribution is 5.81. The summed E-state index contributed by atoms with van der Waals surface area (Å²) in [5.74, 6) is -0.747. The monoisotopic (exact) mass is 390 g/mol. The summed E-state index contributed by atoms with van der Waals surface area (Å²) in [6, 6.07) is 20.4. The summed E-state index contributed by atoms with van der Waals surface area (Å²) in [4.78, 5) is 11.4. The van der Waals surface area contributed by atoms with Crippen molar-refractivity contribution in [2.24, 2.45) is 0 Å². The Bertz CT molecular complexity index is 993. The number of hydrogen-bond donors (Lipinski definition) is 1. The fraction of sp³-hybridized carbons (Fsp3) is 0.160. The maximum Gasteiger partial charge on any atom is 0.330 e. The van der Waals surface area contributed by atoms with Crippen LogP contribution in [0, 0.1) is 5.82 Å². The van der Waals surface area contributed by atoms with Crippen LogP contribution in [0.5, 0.6) is 0 Å². The van der Waals surface area contributed by atoms with E-state index in [1.807, 2.05) is 42.5 Å². The van der Waals surface area contributed by atoms with E-state index >= 15 is 0 Å². The molecule has 0 aliphatic rings. The molecular weight excluding hydrogens is 367 g/mol. The minimum atomic E-state index is -0.467. The van der Waals surface area contributed by atoms with E-state index in [0.29, 0.717) is 18.4 Å². The van der Waals surface area contributed by atoms with Gasteiger partial charge in [-0.25, -0.2) is 9.18 Å². The normalized spacial score (nSPS) is 10.6. The summed E-state index contributed by atoms with van der Waals surface area (Å²) < 4.78 is 19.4. The zero-order valence-electron chi connectivity index (χ0n) is 16.1. The minimum absolute atomic E-state index is 0.108. The standard InChI is InChI=1S/C25H23FO3/c1-2-25(28)29-16-14-21-17-20(23-5-3-4-6-24(23)26)11-12-22(21)19-9-7-18(8-10-19)13-15-27/h2-12,17,27H,1,13-16H2. The van der Waals surface area contributed by atoms with E-state index in [0.717, 1.165) is 33.9 Å². The number of halogens is 1. The Kier molecular flexibility index (Phi) is 6.93. The molecule has 0 unspecified atom stereocenters. The van der Waals surface area contributed by atoms with Gasteiger partial charge in [0.05, 0.1) is 6.61 Å². The average Bonchev–Trinajstić information content (AvgIpc) is 2.75. The van der Waals surface area contributed by atoms with Crippen LogP contribution in [0.15, 0.2) is 79.4 Å². The first-order chi connectivity index (χ1) is 14.1. The van der Waals surface area contributed by atoms with Gasteiger partial charge in [-0.3, -0.25) is 0 Å². The third-order valence-corrected chi connectivity index (χ3v) is 4.74. The maximum atomic E-state index is 14.3. The van der Waals surface area contributed by atoms with Gasteiger partial charge in [-0.1, -0.05) is 67.2 Å². The van der Waals surface area contributed by atoms with Crippen molar-refractivity contribution in [2.45, 2.75) is 12.8 Å². The fourth-order valence-electron chi connectivity index (χ4n) is 3.25. The highest BCUT2D eigenvalue weighted by atomic mass is 19.1. The highest BCUT2D eigenvalue weighted by Crippen LogP contribution is 2.31. The number of esters is 1. The number of aliphatic hydroxyl groups excluding tert-OH is 1. The van der Waals surface area contributed by atoms with Crippen LogP contribution in [0.2, 0.25) is 0 Å². The average molecular weight is 390 g/mol. The number of hydrogen-bond acceptors (Lipinski definition) is 3. The summed E-state index contributed by atoms with van der Waals surface area (Å²) in [5.41, 5.74) is 5.32.